The number of nitro benzene ring substituents is 2. The van der Waals surface area contributed by atoms with E-state index >= 15 is 0 Å². The molecule has 0 saturated heterocycles. The lowest BCUT2D eigenvalue weighted by Crippen LogP contribution is -2.09. The molecule has 0 spiro atoms. The van der Waals surface area contributed by atoms with Crippen LogP contribution in [0.25, 0.3) is 40.9 Å². The Morgan fingerprint density at radius 3 is 1.48 bits per heavy atom. The first-order valence-electron chi connectivity index (χ1n) is 13.3. The summed E-state index contributed by atoms with van der Waals surface area (Å²) in [6.07, 6.45) is 0. The number of hydrogen-bond donors (Lipinski definition) is 2. The first-order valence-corrected chi connectivity index (χ1v) is 14.9. The summed E-state index contributed by atoms with van der Waals surface area (Å²) in [5.41, 5.74) is 0.204. The first kappa shape index (κ1) is 30.1. The summed E-state index contributed by atoms with van der Waals surface area (Å²) in [6, 6.07) is 19.2. The summed E-state index contributed by atoms with van der Waals surface area (Å²) in [6.45, 7) is 3.57. The molecule has 0 fully saturated rings. The Bertz CT molecular complexity index is 1980. The zero-order chi connectivity index (χ0) is 31.4. The van der Waals surface area contributed by atoms with Crippen LogP contribution < -0.4 is 0 Å². The largest absolute Gasteiger partial charge is 0.462 e. The van der Waals surface area contributed by atoms with Crippen LogP contribution >= 0.6 is 22.7 Å². The van der Waals surface area contributed by atoms with E-state index in [1.165, 1.54) is 34.8 Å². The van der Waals surface area contributed by atoms with Gasteiger partial charge in [0.05, 0.1) is 60.7 Å². The average Bonchev–Trinajstić information content (AvgIpc) is 2.99. The van der Waals surface area contributed by atoms with Crippen molar-refractivity contribution in [3.8, 4) is 0 Å². The van der Waals surface area contributed by atoms with Crippen LogP contribution in [0, 0.1) is 20.2 Å². The number of carbonyl (C=O) groups excluding carboxylic acids is 2. The van der Waals surface area contributed by atoms with Crippen molar-refractivity contribution in [3.05, 3.63) is 104 Å². The van der Waals surface area contributed by atoms with E-state index < -0.39 is 33.2 Å². The maximum absolute atomic E-state index is 13.2. The molecule has 0 amide bonds. The van der Waals surface area contributed by atoms with E-state index in [1.54, 1.807) is 68.4 Å². The molecular formula is C30H24N4O8S2. The van der Waals surface area contributed by atoms with Gasteiger partial charge in [-0.1, -0.05) is 24.3 Å². The quantitative estimate of drug-likeness (QED) is 0.107. The highest BCUT2D eigenvalue weighted by atomic mass is 32.1. The molecule has 5 aromatic rings. The fourth-order valence-corrected chi connectivity index (χ4v) is 6.55. The normalized spacial score (nSPS) is 10.8. The molecule has 12 nitrogen and oxygen atoms in total. The zero-order valence-corrected chi connectivity index (χ0v) is 25.0. The van der Waals surface area contributed by atoms with Gasteiger partial charge in [0, 0.05) is 9.40 Å². The molecule has 14 heteroatoms. The van der Waals surface area contributed by atoms with Gasteiger partial charge in [-0.2, -0.15) is 0 Å². The number of esters is 2. The molecule has 0 aliphatic carbocycles. The number of hydrogen-bond acceptors (Lipinski definition) is 10. The third-order valence-electron chi connectivity index (χ3n) is 6.33. The average molecular weight is 633 g/mol. The zero-order valence-electron chi connectivity index (χ0n) is 23.3. The SMILES string of the molecule is CCOC(=O)c1cc(C(=O)OCC)c2cc1sc1ccccc1[nH]c1cc([nH]c3ccccc3s2)c([N+](=O)[O-])cc1[N+](=O)[O-]. The molecule has 2 N–H and O–H groups in total. The summed E-state index contributed by atoms with van der Waals surface area (Å²) in [5, 5.41) is 24.1. The van der Waals surface area contributed by atoms with Crippen LogP contribution in [0.1, 0.15) is 34.6 Å². The van der Waals surface area contributed by atoms with E-state index in [-0.39, 0.29) is 35.4 Å². The molecule has 1 heterocycles. The molecule has 224 valence electrons. The predicted octanol–water partition coefficient (Wildman–Crippen LogP) is 8.06. The molecule has 4 aromatic carbocycles. The molecule has 5 rings (SSSR count). The number of fused-ring (bicyclic) bond motifs is 6. The van der Waals surface area contributed by atoms with Gasteiger partial charge in [0.2, 0.25) is 0 Å². The van der Waals surface area contributed by atoms with Crippen LogP contribution in [0.4, 0.5) is 11.4 Å². The van der Waals surface area contributed by atoms with Crippen molar-refractivity contribution in [2.24, 2.45) is 0 Å². The van der Waals surface area contributed by atoms with Crippen LogP contribution in [-0.2, 0) is 9.47 Å². The highest BCUT2D eigenvalue weighted by molar-refractivity contribution is 7.25. The highest BCUT2D eigenvalue weighted by Crippen LogP contribution is 2.33. The second-order valence-corrected chi connectivity index (χ2v) is 11.3. The van der Waals surface area contributed by atoms with Crippen LogP contribution in [0.15, 0.2) is 72.8 Å². The van der Waals surface area contributed by atoms with Crippen molar-refractivity contribution in [3.63, 3.8) is 0 Å². The molecule has 4 bridgehead atoms. The van der Waals surface area contributed by atoms with Gasteiger partial charge in [0.15, 0.2) is 0 Å². The van der Waals surface area contributed by atoms with E-state index in [0.717, 1.165) is 6.07 Å². The van der Waals surface area contributed by atoms with Gasteiger partial charge in [-0.15, -0.1) is 22.7 Å². The number of aromatic nitrogens is 2. The minimum Gasteiger partial charge on any atom is -0.462 e. The summed E-state index contributed by atoms with van der Waals surface area (Å²) >= 11 is 2.38. The number of nitrogens with one attached hydrogen (secondary N) is 2. The van der Waals surface area contributed by atoms with Gasteiger partial charge in [-0.3, -0.25) is 20.2 Å². The van der Waals surface area contributed by atoms with Gasteiger partial charge >= 0.3 is 11.9 Å². The number of nitro groups is 2. The Morgan fingerprint density at radius 1 is 0.636 bits per heavy atom. The second-order valence-electron chi connectivity index (χ2n) is 9.13. The molecule has 0 aliphatic heterocycles. The highest BCUT2D eigenvalue weighted by Gasteiger charge is 2.21. The van der Waals surface area contributed by atoms with Crippen molar-refractivity contribution >= 4 is 86.9 Å². The number of rotatable bonds is 6. The van der Waals surface area contributed by atoms with Crippen molar-refractivity contribution < 1.29 is 28.9 Å². The Hall–Kier alpha value is -5.34. The van der Waals surface area contributed by atoms with Crippen molar-refractivity contribution in [1.29, 1.82) is 0 Å². The fraction of sp³-hybridized carbons (Fsp3) is 0.133. The molecular weight excluding hydrogens is 608 g/mol. The Labute approximate surface area is 256 Å². The third-order valence-corrected chi connectivity index (χ3v) is 8.60. The van der Waals surface area contributed by atoms with Gasteiger partial charge in [-0.25, -0.2) is 9.59 Å². The Kier molecular flexibility index (Phi) is 8.83. The van der Waals surface area contributed by atoms with E-state index in [2.05, 4.69) is 9.97 Å². The molecule has 0 aliphatic rings. The second kappa shape index (κ2) is 12.9. The summed E-state index contributed by atoms with van der Waals surface area (Å²) in [7, 11) is 0. The molecule has 0 saturated carbocycles. The lowest BCUT2D eigenvalue weighted by Gasteiger charge is -2.09. The van der Waals surface area contributed by atoms with E-state index in [0.29, 0.717) is 29.8 Å². The van der Waals surface area contributed by atoms with Gasteiger partial charge < -0.3 is 19.4 Å². The smallest absolute Gasteiger partial charge is 0.339 e. The monoisotopic (exact) mass is 632 g/mol. The lowest BCUT2D eigenvalue weighted by atomic mass is 10.1. The number of H-pyrrole nitrogens is 2. The molecule has 44 heavy (non-hydrogen) atoms. The van der Waals surface area contributed by atoms with Crippen molar-refractivity contribution in [2.45, 2.75) is 13.8 Å². The number of aromatic amines is 2. The maximum atomic E-state index is 13.2. The fourth-order valence-electron chi connectivity index (χ4n) is 4.39. The first-order chi connectivity index (χ1) is 21.2. The standard InChI is InChI=1S/C30H24N4O8S2/c1-3-41-29(35)17-13-18(30(36)42-4-2)28-16-27(17)43-25-11-7-5-9-19(25)31-21-14-22(24(34(39)40)15-23(21)33(37)38)32-20-10-6-8-12-26(20)44-28/h5-16,31-32H,3-4H2,1-2H3. The topological polar surface area (TPSA) is 170 Å². The van der Waals surface area contributed by atoms with Gasteiger partial charge in [0.25, 0.3) is 11.4 Å². The van der Waals surface area contributed by atoms with Crippen molar-refractivity contribution in [1.82, 2.24) is 9.97 Å². The van der Waals surface area contributed by atoms with Crippen LogP contribution in [0.5, 0.6) is 0 Å². The number of benzene rings is 4. The van der Waals surface area contributed by atoms with E-state index in [4.69, 9.17) is 9.47 Å². The minimum atomic E-state index is -0.693. The number of para-hydroxylation sites is 2. The number of carbonyl (C=O) groups is 2. The summed E-state index contributed by atoms with van der Waals surface area (Å²) in [4.78, 5) is 55.1. The van der Waals surface area contributed by atoms with E-state index in [9.17, 15) is 29.8 Å². The number of ether oxygens (including phenoxy) is 2. The third kappa shape index (κ3) is 6.21. The molecule has 1 aromatic heterocycles. The molecule has 0 unspecified atom stereocenters. The number of non-ortho nitro benzene ring substituents is 2. The minimum absolute atomic E-state index is 0.0160. The Balaban J connectivity index is 2.10. The molecule has 0 atom stereocenters. The van der Waals surface area contributed by atoms with Gasteiger partial charge in [0.1, 0.15) is 11.0 Å². The van der Waals surface area contributed by atoms with Crippen LogP contribution in [0.2, 0.25) is 0 Å². The predicted molar refractivity (Wildman–Crippen MR) is 170 cm³/mol. The Morgan fingerprint density at radius 2 is 1.07 bits per heavy atom. The summed E-state index contributed by atoms with van der Waals surface area (Å²) < 4.78 is 12.7. The summed E-state index contributed by atoms with van der Waals surface area (Å²) in [5.74, 6) is -1.28. The van der Waals surface area contributed by atoms with Crippen molar-refractivity contribution in [2.75, 3.05) is 13.2 Å². The van der Waals surface area contributed by atoms with Crippen LogP contribution in [0.3, 0.4) is 0 Å². The van der Waals surface area contributed by atoms with Gasteiger partial charge in [-0.05, 0) is 56.3 Å². The lowest BCUT2D eigenvalue weighted by molar-refractivity contribution is -0.392. The van der Waals surface area contributed by atoms with Crippen LogP contribution in [-0.4, -0.2) is 45.0 Å². The molecule has 0 radical (unpaired) electrons. The maximum Gasteiger partial charge on any atom is 0.339 e. The van der Waals surface area contributed by atoms with E-state index in [1.807, 2.05) is 0 Å². The number of nitrogens with zero attached hydrogens (tertiary/aromatic N) is 2.